The highest BCUT2D eigenvalue weighted by Crippen LogP contribution is 2.27. The van der Waals surface area contributed by atoms with Crippen LogP contribution in [-0.2, 0) is 4.79 Å². The highest BCUT2D eigenvalue weighted by molar-refractivity contribution is 7.12. The van der Waals surface area contributed by atoms with Gasteiger partial charge in [0.1, 0.15) is 12.3 Å². The van der Waals surface area contributed by atoms with Gasteiger partial charge in [0.2, 0.25) is 11.9 Å². The van der Waals surface area contributed by atoms with Crippen molar-refractivity contribution in [2.45, 2.75) is 20.8 Å². The minimum Gasteiger partial charge on any atom is -0.497 e. The molecule has 0 spiro atoms. The van der Waals surface area contributed by atoms with E-state index in [4.69, 9.17) is 9.72 Å². The Hall–Kier alpha value is -3.91. The number of benzene rings is 2. The fourth-order valence-corrected chi connectivity index (χ4v) is 4.35. The number of anilines is 1. The first kappa shape index (κ1) is 24.2. The predicted octanol–water partition coefficient (Wildman–Crippen LogP) is 5.33. The smallest absolute Gasteiger partial charge is 0.264 e. The Bertz CT molecular complexity index is 1330. The molecule has 0 aliphatic heterocycles. The number of hydrogen-bond acceptors (Lipinski definition) is 5. The quantitative estimate of drug-likeness (QED) is 0.364. The third-order valence-corrected chi connectivity index (χ3v) is 6.70. The number of rotatable bonds is 8. The van der Waals surface area contributed by atoms with Crippen molar-refractivity contribution in [1.82, 2.24) is 14.5 Å². The van der Waals surface area contributed by atoms with E-state index in [1.54, 1.807) is 13.2 Å². The van der Waals surface area contributed by atoms with E-state index in [2.05, 4.69) is 18.3 Å². The number of aromatic nitrogens is 2. The fraction of sp³-hybridized carbons (Fsp3) is 0.222. The van der Waals surface area contributed by atoms with E-state index in [0.29, 0.717) is 23.1 Å². The highest BCUT2D eigenvalue weighted by atomic mass is 32.1. The van der Waals surface area contributed by atoms with Crippen LogP contribution >= 0.6 is 11.3 Å². The number of ether oxygens (including phenoxy) is 1. The summed E-state index contributed by atoms with van der Waals surface area (Å²) >= 11 is 1.36. The standard InChI is InChI=1S/C27H28N4O3S/c1-5-30(26(33)24-7-6-14-35-24)17-25(32)29-27-28-23(20-9-12-22(34-4)13-10-20)16-31(27)21-11-8-18(2)19(3)15-21/h6-16H,5,17H2,1-4H3,(H,28,29,32). The molecule has 0 aliphatic rings. The van der Waals surface area contributed by atoms with E-state index < -0.39 is 0 Å². The van der Waals surface area contributed by atoms with Crippen LogP contribution in [0.15, 0.2) is 66.2 Å². The molecule has 180 valence electrons. The van der Waals surface area contributed by atoms with E-state index in [0.717, 1.165) is 22.6 Å². The molecular weight excluding hydrogens is 460 g/mol. The number of likely N-dealkylation sites (N-methyl/N-ethyl adjacent to an activating group) is 1. The minimum atomic E-state index is -0.311. The molecule has 7 nitrogen and oxygen atoms in total. The number of amides is 2. The number of aryl methyl sites for hydroxylation is 2. The van der Waals surface area contributed by atoms with Crippen LogP contribution in [0.5, 0.6) is 5.75 Å². The van der Waals surface area contributed by atoms with Gasteiger partial charge >= 0.3 is 0 Å². The molecule has 1 N–H and O–H groups in total. The van der Waals surface area contributed by atoms with Crippen molar-refractivity contribution in [2.75, 3.05) is 25.5 Å². The molecule has 2 amide bonds. The van der Waals surface area contributed by atoms with Gasteiger partial charge < -0.3 is 9.64 Å². The van der Waals surface area contributed by atoms with Crippen LogP contribution in [0.2, 0.25) is 0 Å². The lowest BCUT2D eigenvalue weighted by Crippen LogP contribution is -2.37. The molecule has 2 aromatic carbocycles. The molecule has 0 aliphatic carbocycles. The molecule has 0 fully saturated rings. The van der Waals surface area contributed by atoms with Gasteiger partial charge in [-0.15, -0.1) is 11.3 Å². The highest BCUT2D eigenvalue weighted by Gasteiger charge is 2.20. The van der Waals surface area contributed by atoms with Gasteiger partial charge in [-0.2, -0.15) is 0 Å². The largest absolute Gasteiger partial charge is 0.497 e. The van der Waals surface area contributed by atoms with Crippen LogP contribution in [0, 0.1) is 13.8 Å². The van der Waals surface area contributed by atoms with E-state index in [-0.39, 0.29) is 18.4 Å². The van der Waals surface area contributed by atoms with Gasteiger partial charge in [-0.25, -0.2) is 4.98 Å². The summed E-state index contributed by atoms with van der Waals surface area (Å²) in [7, 11) is 1.62. The number of nitrogens with zero attached hydrogens (tertiary/aromatic N) is 3. The Morgan fingerprint density at radius 2 is 1.86 bits per heavy atom. The van der Waals surface area contributed by atoms with Crippen molar-refractivity contribution in [3.05, 3.63) is 82.2 Å². The zero-order valence-electron chi connectivity index (χ0n) is 20.2. The van der Waals surface area contributed by atoms with Gasteiger partial charge in [0.25, 0.3) is 5.91 Å². The SMILES string of the molecule is CCN(CC(=O)Nc1nc(-c2ccc(OC)cc2)cn1-c1ccc(C)c(C)c1)C(=O)c1cccs1. The second kappa shape index (κ2) is 10.6. The molecule has 0 saturated heterocycles. The summed E-state index contributed by atoms with van der Waals surface area (Å²) in [6, 6.07) is 17.3. The number of hydrogen-bond donors (Lipinski definition) is 1. The third-order valence-electron chi connectivity index (χ3n) is 5.85. The topological polar surface area (TPSA) is 76.5 Å². The average molecular weight is 489 g/mol. The summed E-state index contributed by atoms with van der Waals surface area (Å²) in [5.41, 5.74) is 4.81. The zero-order chi connectivity index (χ0) is 24.9. The monoisotopic (exact) mass is 488 g/mol. The van der Waals surface area contributed by atoms with Crippen molar-refractivity contribution in [3.63, 3.8) is 0 Å². The van der Waals surface area contributed by atoms with Gasteiger partial charge in [-0.05, 0) is 79.7 Å². The summed E-state index contributed by atoms with van der Waals surface area (Å²) in [4.78, 5) is 32.6. The number of thiophene rings is 1. The molecule has 0 bridgehead atoms. The van der Waals surface area contributed by atoms with Crippen LogP contribution in [0.4, 0.5) is 5.95 Å². The molecule has 8 heteroatoms. The van der Waals surface area contributed by atoms with E-state index >= 15 is 0 Å². The first-order valence-corrected chi connectivity index (χ1v) is 12.2. The normalized spacial score (nSPS) is 10.7. The number of carbonyl (C=O) groups excluding carboxylic acids is 2. The number of carbonyl (C=O) groups is 2. The lowest BCUT2D eigenvalue weighted by molar-refractivity contribution is -0.116. The first-order chi connectivity index (χ1) is 16.9. The zero-order valence-corrected chi connectivity index (χ0v) is 21.1. The van der Waals surface area contributed by atoms with Crippen LogP contribution < -0.4 is 10.1 Å². The molecule has 0 unspecified atom stereocenters. The lowest BCUT2D eigenvalue weighted by atomic mass is 10.1. The third kappa shape index (κ3) is 5.44. The van der Waals surface area contributed by atoms with Gasteiger partial charge in [0.15, 0.2) is 0 Å². The molecule has 2 aromatic heterocycles. The number of nitrogens with one attached hydrogen (secondary N) is 1. The van der Waals surface area contributed by atoms with Gasteiger partial charge in [-0.3, -0.25) is 19.5 Å². The van der Waals surface area contributed by atoms with Crippen LogP contribution in [0.3, 0.4) is 0 Å². The summed E-state index contributed by atoms with van der Waals surface area (Å²) in [6.45, 7) is 6.32. The summed E-state index contributed by atoms with van der Waals surface area (Å²) < 4.78 is 7.12. The van der Waals surface area contributed by atoms with Crippen LogP contribution in [0.25, 0.3) is 16.9 Å². The van der Waals surface area contributed by atoms with E-state index in [1.165, 1.54) is 21.8 Å². The lowest BCUT2D eigenvalue weighted by Gasteiger charge is -2.19. The van der Waals surface area contributed by atoms with Crippen molar-refractivity contribution in [1.29, 1.82) is 0 Å². The van der Waals surface area contributed by atoms with E-state index in [9.17, 15) is 9.59 Å². The van der Waals surface area contributed by atoms with Gasteiger partial charge in [-0.1, -0.05) is 12.1 Å². The molecule has 0 atom stereocenters. The molecular formula is C27H28N4O3S. The molecule has 2 heterocycles. The maximum atomic E-state index is 13.0. The van der Waals surface area contributed by atoms with Crippen LogP contribution in [0.1, 0.15) is 27.7 Å². The Kier molecular flexibility index (Phi) is 7.31. The summed E-state index contributed by atoms with van der Waals surface area (Å²) in [6.07, 6.45) is 1.90. The maximum Gasteiger partial charge on any atom is 0.264 e. The Morgan fingerprint density at radius 1 is 1.09 bits per heavy atom. The maximum absolute atomic E-state index is 13.0. The van der Waals surface area contributed by atoms with Crippen molar-refractivity contribution in [2.24, 2.45) is 0 Å². The van der Waals surface area contributed by atoms with Gasteiger partial charge in [0, 0.05) is 24.0 Å². The second-order valence-electron chi connectivity index (χ2n) is 8.16. The summed E-state index contributed by atoms with van der Waals surface area (Å²) in [5, 5.41) is 4.77. The van der Waals surface area contributed by atoms with Gasteiger partial charge in [0.05, 0.1) is 17.7 Å². The molecule has 0 radical (unpaired) electrons. The van der Waals surface area contributed by atoms with Crippen LogP contribution in [-0.4, -0.2) is 46.5 Å². The Morgan fingerprint density at radius 3 is 2.49 bits per heavy atom. The number of imidazole rings is 1. The predicted molar refractivity (Wildman–Crippen MR) is 140 cm³/mol. The van der Waals surface area contributed by atoms with E-state index in [1.807, 2.05) is 72.5 Å². The fourth-order valence-electron chi connectivity index (χ4n) is 3.66. The molecule has 35 heavy (non-hydrogen) atoms. The first-order valence-electron chi connectivity index (χ1n) is 11.3. The Labute approximate surface area is 209 Å². The second-order valence-corrected chi connectivity index (χ2v) is 9.11. The van der Waals surface area contributed by atoms with Crippen molar-refractivity contribution < 1.29 is 14.3 Å². The van der Waals surface area contributed by atoms with Crippen molar-refractivity contribution in [3.8, 4) is 22.7 Å². The average Bonchev–Trinajstić information content (AvgIpc) is 3.55. The molecule has 4 rings (SSSR count). The number of methoxy groups -OCH3 is 1. The minimum absolute atomic E-state index is 0.0646. The molecule has 4 aromatic rings. The Balaban J connectivity index is 1.63. The summed E-state index contributed by atoms with van der Waals surface area (Å²) in [5.74, 6) is 0.678. The molecule has 0 saturated carbocycles. The van der Waals surface area contributed by atoms with Crippen molar-refractivity contribution >= 4 is 29.1 Å².